The molecule has 1 N–H and O–H groups in total. The fraction of sp³-hybridized carbons (Fsp3) is 0.0968. The number of aromatic hydroxyl groups is 1. The van der Waals surface area contributed by atoms with Crippen LogP contribution in [-0.4, -0.2) is 19.3 Å². The molecule has 36 heavy (non-hydrogen) atoms. The fourth-order valence-electron chi connectivity index (χ4n) is 4.90. The molecular formula is C31H24O4S. The summed E-state index contributed by atoms with van der Waals surface area (Å²) in [5, 5.41) is 15.0. The van der Waals surface area contributed by atoms with Gasteiger partial charge in [0.15, 0.2) is 5.60 Å². The average Bonchev–Trinajstić information content (AvgIpc) is 3.48. The number of hydrogen-bond donors (Lipinski definition) is 1. The number of ether oxygens (including phenoxy) is 3. The van der Waals surface area contributed by atoms with E-state index in [-0.39, 0.29) is 5.75 Å². The number of thiophene rings is 1. The van der Waals surface area contributed by atoms with Crippen LogP contribution >= 0.6 is 11.3 Å². The second-order valence-corrected chi connectivity index (χ2v) is 9.57. The molecule has 0 saturated heterocycles. The molecule has 5 aromatic rings. The zero-order valence-corrected chi connectivity index (χ0v) is 20.7. The predicted molar refractivity (Wildman–Crippen MR) is 145 cm³/mol. The van der Waals surface area contributed by atoms with Gasteiger partial charge in [0.05, 0.1) is 14.2 Å². The summed E-state index contributed by atoms with van der Waals surface area (Å²) in [5.74, 6) is 2.56. The maximum atomic E-state index is 11.3. The number of benzene rings is 4. The minimum absolute atomic E-state index is 0.265. The lowest BCUT2D eigenvalue weighted by molar-refractivity contribution is 0.163. The van der Waals surface area contributed by atoms with Gasteiger partial charge in [0, 0.05) is 37.9 Å². The molecule has 0 fully saturated rings. The van der Waals surface area contributed by atoms with E-state index in [1.165, 1.54) is 0 Å². The van der Waals surface area contributed by atoms with Crippen LogP contribution in [-0.2, 0) is 5.60 Å². The molecule has 0 saturated carbocycles. The fourth-order valence-corrected chi connectivity index (χ4v) is 5.68. The Morgan fingerprint density at radius 3 is 1.92 bits per heavy atom. The molecule has 1 aliphatic rings. The van der Waals surface area contributed by atoms with Crippen molar-refractivity contribution in [2.45, 2.75) is 5.60 Å². The third-order valence-electron chi connectivity index (χ3n) is 6.73. The van der Waals surface area contributed by atoms with Gasteiger partial charge in [-0.15, -0.1) is 11.3 Å². The number of phenolic OH excluding ortho intramolecular Hbond substituents is 1. The van der Waals surface area contributed by atoms with Crippen LogP contribution in [0.5, 0.6) is 23.0 Å². The molecule has 178 valence electrons. The van der Waals surface area contributed by atoms with Crippen LogP contribution in [0.3, 0.4) is 0 Å². The smallest absolute Gasteiger partial charge is 0.178 e. The summed E-state index contributed by atoms with van der Waals surface area (Å²) >= 11 is 1.60. The first-order valence-corrected chi connectivity index (χ1v) is 12.5. The van der Waals surface area contributed by atoms with Gasteiger partial charge in [-0.2, -0.15) is 0 Å². The lowest BCUT2D eigenvalue weighted by Crippen LogP contribution is -2.34. The summed E-state index contributed by atoms with van der Waals surface area (Å²) in [7, 11) is 3.32. The molecule has 0 atom stereocenters. The molecule has 0 radical (unpaired) electrons. The molecule has 6 rings (SSSR count). The van der Waals surface area contributed by atoms with Gasteiger partial charge in [-0.3, -0.25) is 0 Å². The van der Waals surface area contributed by atoms with Crippen molar-refractivity contribution in [1.82, 2.24) is 0 Å². The zero-order chi connectivity index (χ0) is 24.7. The minimum atomic E-state index is -0.891. The number of rotatable bonds is 5. The molecule has 2 heterocycles. The average molecular weight is 493 g/mol. The van der Waals surface area contributed by atoms with E-state index in [2.05, 4.69) is 12.2 Å². The first-order valence-electron chi connectivity index (χ1n) is 11.6. The van der Waals surface area contributed by atoms with E-state index in [1.807, 2.05) is 90.3 Å². The number of hydrogen-bond acceptors (Lipinski definition) is 5. The van der Waals surface area contributed by atoms with E-state index >= 15 is 0 Å². The highest BCUT2D eigenvalue weighted by atomic mass is 32.1. The summed E-state index contributed by atoms with van der Waals surface area (Å²) < 4.78 is 17.9. The zero-order valence-electron chi connectivity index (χ0n) is 19.9. The summed E-state index contributed by atoms with van der Waals surface area (Å²) in [4.78, 5) is 0.990. The third-order valence-corrected chi connectivity index (χ3v) is 7.62. The van der Waals surface area contributed by atoms with Crippen LogP contribution < -0.4 is 14.2 Å². The molecule has 0 unspecified atom stereocenters. The standard InChI is InChI=1S/C31H24O4S/c1-33-22-13-9-20(10-14-22)31(21-11-15-23(34-2)16-12-21)18-17-26-28(27-8-5-19-36-27)29(32)24-6-3-4-7-25(24)30(26)35-31/h3-19,32H,1-2H3. The van der Waals surface area contributed by atoms with Gasteiger partial charge < -0.3 is 19.3 Å². The van der Waals surface area contributed by atoms with Crippen molar-refractivity contribution in [2.24, 2.45) is 0 Å². The van der Waals surface area contributed by atoms with Gasteiger partial charge in [0.2, 0.25) is 0 Å². The van der Waals surface area contributed by atoms with Gasteiger partial charge >= 0.3 is 0 Å². The first kappa shape index (κ1) is 22.3. The Bertz CT molecular complexity index is 1520. The molecule has 1 aliphatic heterocycles. The molecule has 0 amide bonds. The summed E-state index contributed by atoms with van der Waals surface area (Å²) in [6, 6.07) is 27.7. The van der Waals surface area contributed by atoms with Crippen LogP contribution in [0.1, 0.15) is 16.7 Å². The summed E-state index contributed by atoms with van der Waals surface area (Å²) in [5.41, 5.74) is 2.69. The SMILES string of the molecule is COc1ccc(C2(c3ccc(OC)cc3)C=Cc3c(-c4cccs4)c(O)c4ccccc4c3O2)cc1. The summed E-state index contributed by atoms with van der Waals surface area (Å²) in [6.45, 7) is 0. The first-order chi connectivity index (χ1) is 17.6. The monoisotopic (exact) mass is 492 g/mol. The van der Waals surface area contributed by atoms with Crippen molar-refractivity contribution < 1.29 is 19.3 Å². The Labute approximate surface area is 213 Å². The van der Waals surface area contributed by atoms with Gasteiger partial charge in [-0.25, -0.2) is 0 Å². The Balaban J connectivity index is 1.63. The van der Waals surface area contributed by atoms with E-state index in [0.717, 1.165) is 55.2 Å². The highest BCUT2D eigenvalue weighted by Gasteiger charge is 2.39. The van der Waals surface area contributed by atoms with Crippen molar-refractivity contribution >= 4 is 28.2 Å². The van der Waals surface area contributed by atoms with Crippen molar-refractivity contribution in [3.8, 4) is 33.4 Å². The normalized spacial score (nSPS) is 13.7. The lowest BCUT2D eigenvalue weighted by atomic mass is 9.82. The van der Waals surface area contributed by atoms with Gasteiger partial charge in [0.25, 0.3) is 0 Å². The molecule has 4 aromatic carbocycles. The van der Waals surface area contributed by atoms with Gasteiger partial charge in [-0.1, -0.05) is 54.6 Å². The number of methoxy groups -OCH3 is 2. The quantitative estimate of drug-likeness (QED) is 0.274. The minimum Gasteiger partial charge on any atom is -0.507 e. The van der Waals surface area contributed by atoms with E-state index in [0.29, 0.717) is 0 Å². The third kappa shape index (κ3) is 3.43. The van der Waals surface area contributed by atoms with E-state index in [4.69, 9.17) is 14.2 Å². The number of fused-ring (bicyclic) bond motifs is 3. The Hall–Kier alpha value is -4.22. The van der Waals surface area contributed by atoms with Gasteiger partial charge in [0.1, 0.15) is 23.0 Å². The Kier molecular flexibility index (Phi) is 5.42. The van der Waals surface area contributed by atoms with E-state index in [9.17, 15) is 5.11 Å². The number of phenols is 1. The molecule has 1 aromatic heterocycles. The van der Waals surface area contributed by atoms with Crippen molar-refractivity contribution in [2.75, 3.05) is 14.2 Å². The van der Waals surface area contributed by atoms with Crippen molar-refractivity contribution in [1.29, 1.82) is 0 Å². The maximum absolute atomic E-state index is 11.3. The maximum Gasteiger partial charge on any atom is 0.178 e. The predicted octanol–water partition coefficient (Wildman–Crippen LogP) is 7.64. The highest BCUT2D eigenvalue weighted by Crippen LogP contribution is 2.52. The molecule has 0 aliphatic carbocycles. The second-order valence-electron chi connectivity index (χ2n) is 8.62. The topological polar surface area (TPSA) is 47.9 Å². The second kappa shape index (κ2) is 8.77. The van der Waals surface area contributed by atoms with E-state index in [1.54, 1.807) is 25.6 Å². The van der Waals surface area contributed by atoms with Crippen molar-refractivity contribution in [3.63, 3.8) is 0 Å². The summed E-state index contributed by atoms with van der Waals surface area (Å²) in [6.07, 6.45) is 4.15. The van der Waals surface area contributed by atoms with Crippen LogP contribution in [0.15, 0.2) is 96.4 Å². The van der Waals surface area contributed by atoms with Crippen LogP contribution in [0.4, 0.5) is 0 Å². The molecule has 0 spiro atoms. The Morgan fingerprint density at radius 2 is 1.36 bits per heavy atom. The van der Waals surface area contributed by atoms with E-state index < -0.39 is 5.60 Å². The van der Waals surface area contributed by atoms with Gasteiger partial charge in [-0.05, 0) is 47.9 Å². The Morgan fingerprint density at radius 1 is 0.750 bits per heavy atom. The lowest BCUT2D eigenvalue weighted by Gasteiger charge is -2.37. The highest BCUT2D eigenvalue weighted by molar-refractivity contribution is 7.13. The molecular weight excluding hydrogens is 468 g/mol. The molecule has 0 bridgehead atoms. The largest absolute Gasteiger partial charge is 0.507 e. The van der Waals surface area contributed by atoms with Crippen LogP contribution in [0.2, 0.25) is 0 Å². The van der Waals surface area contributed by atoms with Crippen LogP contribution in [0, 0.1) is 0 Å². The van der Waals surface area contributed by atoms with Crippen molar-refractivity contribution in [3.05, 3.63) is 113 Å². The van der Waals surface area contributed by atoms with Crippen LogP contribution in [0.25, 0.3) is 27.3 Å². The molecule has 4 nitrogen and oxygen atoms in total. The molecule has 5 heteroatoms.